The minimum atomic E-state index is -3.00. The Bertz CT molecular complexity index is 435. The molecule has 1 amide bonds. The molecule has 6 heteroatoms. The zero-order valence-electron chi connectivity index (χ0n) is 11.6. The van der Waals surface area contributed by atoms with Crippen LogP contribution < -0.4 is 10.6 Å². The summed E-state index contributed by atoms with van der Waals surface area (Å²) in [4.78, 5) is 12.4. The minimum absolute atomic E-state index is 0.0451. The second-order valence-corrected chi connectivity index (χ2v) is 8.19. The zero-order chi connectivity index (χ0) is 13.9. The van der Waals surface area contributed by atoms with Crippen LogP contribution >= 0.6 is 0 Å². The molecule has 1 heterocycles. The lowest BCUT2D eigenvalue weighted by Gasteiger charge is -2.37. The van der Waals surface area contributed by atoms with Crippen molar-refractivity contribution in [3.63, 3.8) is 0 Å². The Morgan fingerprint density at radius 3 is 2.95 bits per heavy atom. The summed E-state index contributed by atoms with van der Waals surface area (Å²) in [5.74, 6) is 0.652. The van der Waals surface area contributed by atoms with E-state index in [9.17, 15) is 13.2 Å². The van der Waals surface area contributed by atoms with Crippen molar-refractivity contribution >= 4 is 15.7 Å². The van der Waals surface area contributed by atoms with Crippen molar-refractivity contribution in [3.8, 4) is 0 Å². The highest BCUT2D eigenvalue weighted by Crippen LogP contribution is 2.43. The molecule has 19 heavy (non-hydrogen) atoms. The Hall–Kier alpha value is -0.620. The quantitative estimate of drug-likeness (QED) is 0.764. The highest BCUT2D eigenvalue weighted by Gasteiger charge is 2.49. The molecule has 0 radical (unpaired) electrons. The van der Waals surface area contributed by atoms with E-state index in [2.05, 4.69) is 10.6 Å². The number of carbonyl (C=O) groups is 1. The van der Waals surface area contributed by atoms with Crippen molar-refractivity contribution in [3.05, 3.63) is 0 Å². The van der Waals surface area contributed by atoms with Crippen LogP contribution in [0.2, 0.25) is 0 Å². The molecule has 1 saturated heterocycles. The molecule has 1 aliphatic heterocycles. The Morgan fingerprint density at radius 2 is 2.21 bits per heavy atom. The number of carbonyl (C=O) groups excluding carboxylic acids is 1. The van der Waals surface area contributed by atoms with Gasteiger partial charge < -0.3 is 10.6 Å². The van der Waals surface area contributed by atoms with Crippen molar-refractivity contribution in [2.75, 3.05) is 31.1 Å². The molecular formula is C13H24N2O3S. The fourth-order valence-electron chi connectivity index (χ4n) is 3.33. The largest absolute Gasteiger partial charge is 0.355 e. The van der Waals surface area contributed by atoms with Gasteiger partial charge in [0.05, 0.1) is 11.2 Å². The van der Waals surface area contributed by atoms with E-state index in [0.29, 0.717) is 5.92 Å². The summed E-state index contributed by atoms with van der Waals surface area (Å²) in [6, 6.07) is 0. The average molecular weight is 288 g/mol. The van der Waals surface area contributed by atoms with Crippen LogP contribution in [-0.4, -0.2) is 45.5 Å². The van der Waals surface area contributed by atoms with Gasteiger partial charge in [0.2, 0.25) is 5.91 Å². The van der Waals surface area contributed by atoms with E-state index in [-0.39, 0.29) is 29.4 Å². The molecule has 2 atom stereocenters. The Labute approximate surface area is 115 Å². The van der Waals surface area contributed by atoms with Crippen molar-refractivity contribution in [2.45, 2.75) is 32.6 Å². The highest BCUT2D eigenvalue weighted by molar-refractivity contribution is 7.91. The van der Waals surface area contributed by atoms with E-state index in [1.54, 1.807) is 6.92 Å². The molecule has 110 valence electrons. The molecule has 0 aromatic heterocycles. The third-order valence-corrected chi connectivity index (χ3v) is 6.33. The van der Waals surface area contributed by atoms with Gasteiger partial charge in [0.1, 0.15) is 0 Å². The van der Waals surface area contributed by atoms with Crippen LogP contribution in [-0.2, 0) is 14.6 Å². The van der Waals surface area contributed by atoms with Crippen LogP contribution in [0.3, 0.4) is 0 Å². The lowest BCUT2D eigenvalue weighted by molar-refractivity contribution is -0.133. The molecule has 2 rings (SSSR count). The first-order valence-corrected chi connectivity index (χ1v) is 9.02. The number of sulfone groups is 1. The van der Waals surface area contributed by atoms with Gasteiger partial charge in [-0.1, -0.05) is 19.8 Å². The fraction of sp³-hybridized carbons (Fsp3) is 0.923. The van der Waals surface area contributed by atoms with E-state index in [1.165, 1.54) is 6.42 Å². The van der Waals surface area contributed by atoms with Crippen LogP contribution in [0.5, 0.6) is 0 Å². The monoisotopic (exact) mass is 288 g/mol. The van der Waals surface area contributed by atoms with Crippen LogP contribution in [0.25, 0.3) is 0 Å². The molecule has 5 nitrogen and oxygen atoms in total. The molecule has 0 bridgehead atoms. The van der Waals surface area contributed by atoms with Gasteiger partial charge in [0.15, 0.2) is 9.84 Å². The molecule has 0 aromatic rings. The summed E-state index contributed by atoms with van der Waals surface area (Å²) < 4.78 is 22.8. The van der Waals surface area contributed by atoms with Gasteiger partial charge in [-0.2, -0.15) is 0 Å². The molecular weight excluding hydrogens is 264 g/mol. The molecule has 0 spiro atoms. The lowest BCUT2D eigenvalue weighted by atomic mass is 9.67. The molecule has 2 N–H and O–H groups in total. The van der Waals surface area contributed by atoms with E-state index < -0.39 is 9.84 Å². The zero-order valence-corrected chi connectivity index (χ0v) is 12.4. The average Bonchev–Trinajstić information content (AvgIpc) is 2.83. The van der Waals surface area contributed by atoms with Crippen molar-refractivity contribution < 1.29 is 13.2 Å². The number of hydrogen-bond donors (Lipinski definition) is 2. The predicted molar refractivity (Wildman–Crippen MR) is 74.6 cm³/mol. The molecule has 1 aliphatic carbocycles. The van der Waals surface area contributed by atoms with E-state index in [0.717, 1.165) is 32.4 Å². The number of fused-ring (bicyclic) bond motifs is 1. The lowest BCUT2D eigenvalue weighted by Crippen LogP contribution is -2.48. The minimum Gasteiger partial charge on any atom is -0.355 e. The van der Waals surface area contributed by atoms with Gasteiger partial charge >= 0.3 is 0 Å². The van der Waals surface area contributed by atoms with Gasteiger partial charge in [-0.3, -0.25) is 4.79 Å². The standard InChI is InChI=1S/C13H24N2O3S/c1-2-19(17,18)8-7-15-12(16)13-6-4-3-5-11(13)9-14-10-13/h11,14H,2-10H2,1H3,(H,15,16)/t11-,13+/m0/s1. The third-order valence-electron chi connectivity index (χ3n) is 4.63. The van der Waals surface area contributed by atoms with Crippen LogP contribution in [0.1, 0.15) is 32.6 Å². The molecule has 2 aliphatic rings. The summed E-state index contributed by atoms with van der Waals surface area (Å²) in [7, 11) is -3.00. The molecule has 1 saturated carbocycles. The van der Waals surface area contributed by atoms with Gasteiger partial charge in [0.25, 0.3) is 0 Å². The molecule has 0 aromatic carbocycles. The van der Waals surface area contributed by atoms with Gasteiger partial charge in [-0.05, 0) is 25.3 Å². The maximum Gasteiger partial charge on any atom is 0.227 e. The fourth-order valence-corrected chi connectivity index (χ4v) is 4.03. The number of nitrogens with one attached hydrogen (secondary N) is 2. The Morgan fingerprint density at radius 1 is 1.42 bits per heavy atom. The van der Waals surface area contributed by atoms with E-state index in [1.807, 2.05) is 0 Å². The molecule has 2 fully saturated rings. The van der Waals surface area contributed by atoms with Crippen molar-refractivity contribution in [1.29, 1.82) is 0 Å². The third kappa shape index (κ3) is 3.11. The number of amides is 1. The summed E-state index contributed by atoms with van der Waals surface area (Å²) in [6.45, 7) is 3.53. The first kappa shape index (κ1) is 14.8. The first-order chi connectivity index (χ1) is 9.00. The highest BCUT2D eigenvalue weighted by atomic mass is 32.2. The topological polar surface area (TPSA) is 75.3 Å². The Kier molecular flexibility index (Phi) is 4.50. The predicted octanol–water partition coefficient (Wildman–Crippen LogP) is 0.317. The smallest absolute Gasteiger partial charge is 0.227 e. The summed E-state index contributed by atoms with van der Waals surface area (Å²) in [5.41, 5.74) is -0.284. The Balaban J connectivity index is 1.92. The summed E-state index contributed by atoms with van der Waals surface area (Å²) in [6.07, 6.45) is 4.33. The number of hydrogen-bond acceptors (Lipinski definition) is 4. The maximum absolute atomic E-state index is 12.4. The summed E-state index contributed by atoms with van der Waals surface area (Å²) in [5, 5.41) is 6.17. The van der Waals surface area contributed by atoms with Crippen molar-refractivity contribution in [2.24, 2.45) is 11.3 Å². The van der Waals surface area contributed by atoms with Gasteiger partial charge in [-0.15, -0.1) is 0 Å². The molecule has 0 unspecified atom stereocenters. The van der Waals surface area contributed by atoms with Crippen LogP contribution in [0.4, 0.5) is 0 Å². The summed E-state index contributed by atoms with van der Waals surface area (Å²) >= 11 is 0. The van der Waals surface area contributed by atoms with E-state index >= 15 is 0 Å². The van der Waals surface area contributed by atoms with Crippen LogP contribution in [0, 0.1) is 11.3 Å². The normalized spacial score (nSPS) is 30.9. The van der Waals surface area contributed by atoms with Gasteiger partial charge in [-0.25, -0.2) is 8.42 Å². The number of rotatable bonds is 5. The van der Waals surface area contributed by atoms with Gasteiger partial charge in [0, 0.05) is 18.8 Å². The second kappa shape index (κ2) is 5.79. The van der Waals surface area contributed by atoms with E-state index in [4.69, 9.17) is 0 Å². The SMILES string of the molecule is CCS(=O)(=O)CCNC(=O)[C@@]12CCCC[C@H]1CNC2. The maximum atomic E-state index is 12.4. The first-order valence-electron chi connectivity index (χ1n) is 7.19. The van der Waals surface area contributed by atoms with Crippen LogP contribution in [0.15, 0.2) is 0 Å². The van der Waals surface area contributed by atoms with Crippen molar-refractivity contribution in [1.82, 2.24) is 10.6 Å². The second-order valence-electron chi connectivity index (χ2n) is 5.72.